The Morgan fingerprint density at radius 3 is 2.33 bits per heavy atom. The lowest BCUT2D eigenvalue weighted by molar-refractivity contribution is -0.253. The SMILES string of the molecule is CCOC(=O)CNC(=O)NCc1ccccc1-c1ccc([C@@H]2O[C@H](CN(C)[C@H](C)c3ccc4ccccc4c3)C[C@H](c3ccc(CO)cc3)O2)cc1. The minimum Gasteiger partial charge on any atom is -0.465 e. The Labute approximate surface area is 305 Å². The number of rotatable bonds is 13. The van der Waals surface area contributed by atoms with Crippen LogP contribution in [0.3, 0.4) is 0 Å². The summed E-state index contributed by atoms with van der Waals surface area (Å²) in [6.45, 7) is 5.01. The number of esters is 1. The van der Waals surface area contributed by atoms with Crippen molar-refractivity contribution in [1.29, 1.82) is 0 Å². The number of nitrogens with zero attached hydrogens (tertiary/aromatic N) is 1. The van der Waals surface area contributed by atoms with Crippen LogP contribution in [0.1, 0.15) is 66.5 Å². The molecule has 270 valence electrons. The molecule has 0 aromatic heterocycles. The van der Waals surface area contributed by atoms with Gasteiger partial charge in [0.2, 0.25) is 0 Å². The molecule has 1 aliphatic rings. The van der Waals surface area contributed by atoms with E-state index in [4.69, 9.17) is 14.2 Å². The molecule has 5 aromatic carbocycles. The molecular weight excluding hydrogens is 654 g/mol. The fraction of sp³-hybridized carbons (Fsp3) is 0.302. The highest BCUT2D eigenvalue weighted by Gasteiger charge is 2.33. The van der Waals surface area contributed by atoms with Gasteiger partial charge in [-0.2, -0.15) is 0 Å². The first kappa shape index (κ1) is 36.7. The molecule has 0 saturated carbocycles. The molecule has 6 rings (SSSR count). The van der Waals surface area contributed by atoms with Crippen molar-refractivity contribution in [3.8, 4) is 11.1 Å². The summed E-state index contributed by atoms with van der Waals surface area (Å²) >= 11 is 0. The summed E-state index contributed by atoms with van der Waals surface area (Å²) in [5.41, 5.74) is 6.96. The first-order valence-corrected chi connectivity index (χ1v) is 17.9. The average molecular weight is 702 g/mol. The Hall–Kier alpha value is -5.06. The van der Waals surface area contributed by atoms with Crippen LogP contribution in [0.25, 0.3) is 21.9 Å². The smallest absolute Gasteiger partial charge is 0.325 e. The van der Waals surface area contributed by atoms with E-state index < -0.39 is 18.3 Å². The van der Waals surface area contributed by atoms with Gasteiger partial charge in [-0.05, 0) is 71.1 Å². The van der Waals surface area contributed by atoms with Crippen molar-refractivity contribution in [2.45, 2.75) is 58.0 Å². The molecule has 1 heterocycles. The highest BCUT2D eigenvalue weighted by atomic mass is 16.7. The molecule has 9 heteroatoms. The van der Waals surface area contributed by atoms with E-state index in [1.165, 1.54) is 16.3 Å². The van der Waals surface area contributed by atoms with E-state index in [-0.39, 0.29) is 44.6 Å². The number of amides is 2. The number of ether oxygens (including phenoxy) is 3. The fourth-order valence-electron chi connectivity index (χ4n) is 6.61. The van der Waals surface area contributed by atoms with Crippen molar-refractivity contribution in [3.63, 3.8) is 0 Å². The maximum absolute atomic E-state index is 12.3. The van der Waals surface area contributed by atoms with Crippen LogP contribution in [0.15, 0.2) is 115 Å². The number of aliphatic hydroxyl groups is 1. The number of aliphatic hydroxyl groups excluding tert-OH is 1. The van der Waals surface area contributed by atoms with Crippen LogP contribution >= 0.6 is 0 Å². The van der Waals surface area contributed by atoms with Gasteiger partial charge in [-0.3, -0.25) is 9.69 Å². The second-order valence-corrected chi connectivity index (χ2v) is 13.2. The quantitative estimate of drug-likeness (QED) is 0.109. The van der Waals surface area contributed by atoms with E-state index in [9.17, 15) is 14.7 Å². The van der Waals surface area contributed by atoms with Crippen LogP contribution in [-0.4, -0.2) is 54.9 Å². The lowest BCUT2D eigenvalue weighted by Gasteiger charge is -2.39. The molecule has 0 unspecified atom stereocenters. The normalized spacial score (nSPS) is 17.8. The summed E-state index contributed by atoms with van der Waals surface area (Å²) in [6, 6.07) is 38.8. The highest BCUT2D eigenvalue weighted by molar-refractivity contribution is 5.83. The van der Waals surface area contributed by atoms with Crippen LogP contribution in [0.2, 0.25) is 0 Å². The Morgan fingerprint density at radius 2 is 1.58 bits per heavy atom. The van der Waals surface area contributed by atoms with Gasteiger partial charge in [0.25, 0.3) is 0 Å². The van der Waals surface area contributed by atoms with Gasteiger partial charge in [-0.25, -0.2) is 4.79 Å². The summed E-state index contributed by atoms with van der Waals surface area (Å²) in [5, 5.41) is 17.4. The van der Waals surface area contributed by atoms with E-state index in [0.717, 1.165) is 33.4 Å². The monoisotopic (exact) mass is 701 g/mol. The van der Waals surface area contributed by atoms with Gasteiger partial charge in [0.05, 0.1) is 25.4 Å². The van der Waals surface area contributed by atoms with Crippen molar-refractivity contribution in [2.24, 2.45) is 0 Å². The predicted octanol–water partition coefficient (Wildman–Crippen LogP) is 7.60. The third-order valence-electron chi connectivity index (χ3n) is 9.67. The number of likely N-dealkylation sites (N-methyl/N-ethyl adjacent to an activating group) is 1. The molecule has 0 aliphatic carbocycles. The third-order valence-corrected chi connectivity index (χ3v) is 9.67. The van der Waals surface area contributed by atoms with Gasteiger partial charge in [0, 0.05) is 31.1 Å². The van der Waals surface area contributed by atoms with E-state index in [1.807, 2.05) is 72.8 Å². The Balaban J connectivity index is 1.17. The molecule has 0 radical (unpaired) electrons. The third kappa shape index (κ3) is 9.23. The molecule has 1 aliphatic heterocycles. The van der Waals surface area contributed by atoms with Crippen molar-refractivity contribution < 1.29 is 28.9 Å². The molecule has 1 fully saturated rings. The van der Waals surface area contributed by atoms with Crippen molar-refractivity contribution in [1.82, 2.24) is 15.5 Å². The summed E-state index contributed by atoms with van der Waals surface area (Å²) in [7, 11) is 2.14. The molecule has 2 amide bonds. The first-order valence-electron chi connectivity index (χ1n) is 17.9. The van der Waals surface area contributed by atoms with Gasteiger partial charge in [-0.15, -0.1) is 0 Å². The molecule has 0 spiro atoms. The van der Waals surface area contributed by atoms with E-state index in [2.05, 4.69) is 72.0 Å². The Kier molecular flexibility index (Phi) is 12.3. The summed E-state index contributed by atoms with van der Waals surface area (Å²) < 4.78 is 18.2. The van der Waals surface area contributed by atoms with Crippen LogP contribution in [0.5, 0.6) is 0 Å². The lowest BCUT2D eigenvalue weighted by atomic mass is 9.97. The lowest BCUT2D eigenvalue weighted by Crippen LogP contribution is -2.38. The van der Waals surface area contributed by atoms with E-state index >= 15 is 0 Å². The second-order valence-electron chi connectivity index (χ2n) is 13.2. The van der Waals surface area contributed by atoms with Crippen LogP contribution in [0.4, 0.5) is 4.79 Å². The number of fused-ring (bicyclic) bond motifs is 1. The van der Waals surface area contributed by atoms with Crippen LogP contribution < -0.4 is 10.6 Å². The van der Waals surface area contributed by atoms with Gasteiger partial charge >= 0.3 is 12.0 Å². The zero-order chi connectivity index (χ0) is 36.5. The van der Waals surface area contributed by atoms with Crippen LogP contribution in [-0.2, 0) is 32.2 Å². The van der Waals surface area contributed by atoms with E-state index in [1.54, 1.807) is 6.92 Å². The van der Waals surface area contributed by atoms with Crippen molar-refractivity contribution in [2.75, 3.05) is 26.7 Å². The summed E-state index contributed by atoms with van der Waals surface area (Å²) in [5.74, 6) is -0.482. The van der Waals surface area contributed by atoms with Gasteiger partial charge in [0.1, 0.15) is 6.54 Å². The number of hydrogen-bond donors (Lipinski definition) is 3. The summed E-state index contributed by atoms with van der Waals surface area (Å²) in [6.07, 6.45) is -0.187. The zero-order valence-electron chi connectivity index (χ0n) is 30.0. The number of nitrogens with one attached hydrogen (secondary N) is 2. The van der Waals surface area contributed by atoms with Crippen molar-refractivity contribution in [3.05, 3.63) is 143 Å². The van der Waals surface area contributed by atoms with Gasteiger partial charge < -0.3 is 30.0 Å². The number of benzene rings is 5. The Morgan fingerprint density at radius 1 is 0.865 bits per heavy atom. The van der Waals surface area contributed by atoms with E-state index in [0.29, 0.717) is 13.0 Å². The largest absolute Gasteiger partial charge is 0.465 e. The first-order chi connectivity index (χ1) is 25.3. The van der Waals surface area contributed by atoms with Gasteiger partial charge in [-0.1, -0.05) is 109 Å². The molecule has 52 heavy (non-hydrogen) atoms. The molecule has 3 N–H and O–H groups in total. The average Bonchev–Trinajstić information content (AvgIpc) is 3.19. The molecule has 0 bridgehead atoms. The topological polar surface area (TPSA) is 109 Å². The minimum atomic E-state index is -0.584. The number of carbonyl (C=O) groups is 2. The molecule has 5 aromatic rings. The minimum absolute atomic E-state index is 0.00809. The zero-order valence-corrected chi connectivity index (χ0v) is 30.0. The number of hydrogen-bond acceptors (Lipinski definition) is 7. The van der Waals surface area contributed by atoms with Gasteiger partial charge in [0.15, 0.2) is 6.29 Å². The maximum atomic E-state index is 12.3. The number of urea groups is 1. The Bertz CT molecular complexity index is 1950. The number of carbonyl (C=O) groups excluding carboxylic acids is 2. The molecule has 1 saturated heterocycles. The van der Waals surface area contributed by atoms with Crippen molar-refractivity contribution >= 4 is 22.8 Å². The standard InChI is InChI=1S/C43H47N3O6/c1-4-50-41(48)26-45-43(49)44-25-37-11-7-8-12-39(37)32-18-20-34(21-19-32)42-51-38(24-40(52-42)33-15-13-30(28-47)14-16-33)27-46(3)29(2)35-22-17-31-9-5-6-10-36(31)23-35/h5-23,29,38,40,42,47H,4,24-28H2,1-3H3,(H2,44,45,49)/t29-,38+,40-,42-/m1/s1. The maximum Gasteiger partial charge on any atom is 0.325 e. The fourth-order valence-corrected chi connectivity index (χ4v) is 6.61. The molecule has 4 atom stereocenters. The predicted molar refractivity (Wildman–Crippen MR) is 202 cm³/mol. The second kappa shape index (κ2) is 17.4. The highest BCUT2D eigenvalue weighted by Crippen LogP contribution is 2.39. The molecular formula is C43H47N3O6. The summed E-state index contributed by atoms with van der Waals surface area (Å²) in [4.78, 5) is 26.3. The molecule has 9 nitrogen and oxygen atoms in total. The van der Waals surface area contributed by atoms with Crippen LogP contribution in [0, 0.1) is 0 Å².